The topological polar surface area (TPSA) is 88.1 Å². The summed E-state index contributed by atoms with van der Waals surface area (Å²) in [4.78, 5) is 31.8. The number of pyridine rings is 1. The zero-order valence-electron chi connectivity index (χ0n) is 24.2. The lowest BCUT2D eigenvalue weighted by Gasteiger charge is -2.28. The zero-order valence-corrected chi connectivity index (χ0v) is 24.2. The van der Waals surface area contributed by atoms with E-state index in [-0.39, 0.29) is 22.4 Å². The van der Waals surface area contributed by atoms with Crippen LogP contribution < -0.4 is 20.8 Å². The van der Waals surface area contributed by atoms with Gasteiger partial charge >= 0.3 is 0 Å². The minimum atomic E-state index is -0.589. The lowest BCUT2D eigenvalue weighted by Crippen LogP contribution is -2.37. The molecule has 0 aliphatic carbocycles. The van der Waals surface area contributed by atoms with E-state index in [0.717, 1.165) is 82.5 Å². The Morgan fingerprint density at radius 3 is 2.56 bits per heavy atom. The molecule has 4 heterocycles. The van der Waals surface area contributed by atoms with Crippen LogP contribution in [0.5, 0.6) is 11.5 Å². The van der Waals surface area contributed by atoms with Crippen LogP contribution in [-0.4, -0.2) is 85.8 Å². The summed E-state index contributed by atoms with van der Waals surface area (Å²) in [6.07, 6.45) is 4.73. The second-order valence-electron chi connectivity index (χ2n) is 11.5. The molecule has 3 aromatic carbocycles. The predicted molar refractivity (Wildman–Crippen MR) is 165 cm³/mol. The Morgan fingerprint density at radius 1 is 0.930 bits per heavy atom. The van der Waals surface area contributed by atoms with Crippen molar-refractivity contribution in [1.29, 1.82) is 0 Å². The molecule has 10 heteroatoms. The summed E-state index contributed by atoms with van der Waals surface area (Å²) in [5, 5.41) is 8.17. The number of carbonyl (C=O) groups is 1. The summed E-state index contributed by atoms with van der Waals surface area (Å²) in [7, 11) is 0. The summed E-state index contributed by atoms with van der Waals surface area (Å²) in [6.45, 7) is 7.86. The van der Waals surface area contributed by atoms with Gasteiger partial charge in [-0.25, -0.2) is 4.39 Å². The van der Waals surface area contributed by atoms with E-state index in [2.05, 4.69) is 20.4 Å². The van der Waals surface area contributed by atoms with Crippen LogP contribution in [0.2, 0.25) is 0 Å². The molecule has 3 aliphatic heterocycles. The molecule has 4 aromatic rings. The van der Waals surface area contributed by atoms with E-state index in [1.54, 1.807) is 6.20 Å². The van der Waals surface area contributed by atoms with Gasteiger partial charge in [0.25, 0.3) is 5.91 Å². The molecule has 0 spiro atoms. The van der Waals surface area contributed by atoms with E-state index in [1.807, 2.05) is 41.0 Å². The van der Waals surface area contributed by atoms with Crippen LogP contribution in [0.25, 0.3) is 27.4 Å². The molecule has 0 atom stereocenters. The van der Waals surface area contributed by atoms with Crippen LogP contribution in [0.4, 0.5) is 10.1 Å². The molecule has 9 nitrogen and oxygen atoms in total. The average Bonchev–Trinajstić information content (AvgIpc) is 3.55. The second-order valence-corrected chi connectivity index (χ2v) is 11.5. The maximum atomic E-state index is 15.8. The molecule has 0 saturated carbocycles. The number of benzene rings is 3. The van der Waals surface area contributed by atoms with E-state index in [4.69, 9.17) is 9.47 Å². The van der Waals surface area contributed by atoms with Gasteiger partial charge in [0.2, 0.25) is 5.43 Å². The molecule has 2 saturated heterocycles. The molecular formula is C33H36FN5O4. The number of amides is 1. The van der Waals surface area contributed by atoms with Gasteiger partial charge in [-0.15, -0.1) is 0 Å². The van der Waals surface area contributed by atoms with Crippen LogP contribution in [0.15, 0.2) is 53.5 Å². The van der Waals surface area contributed by atoms with E-state index in [0.29, 0.717) is 30.0 Å². The summed E-state index contributed by atoms with van der Waals surface area (Å²) in [5.74, 6) is -0.274. The van der Waals surface area contributed by atoms with Crippen LogP contribution in [0.1, 0.15) is 29.6 Å². The molecule has 43 heavy (non-hydrogen) atoms. The van der Waals surface area contributed by atoms with E-state index < -0.39 is 17.2 Å². The lowest BCUT2D eigenvalue weighted by atomic mass is 10.0. The number of nitrogens with one attached hydrogen (secondary N) is 2. The Kier molecular flexibility index (Phi) is 7.73. The summed E-state index contributed by atoms with van der Waals surface area (Å²) < 4.78 is 29.5. The number of carbonyl (C=O) groups excluding carboxylic acids is 1. The zero-order chi connectivity index (χ0) is 29.3. The number of anilines is 1. The first-order valence-electron chi connectivity index (χ1n) is 15.2. The van der Waals surface area contributed by atoms with Gasteiger partial charge in [-0.05, 0) is 56.4 Å². The van der Waals surface area contributed by atoms with Gasteiger partial charge in [0, 0.05) is 44.3 Å². The number of hydrogen-bond acceptors (Lipinski definition) is 7. The number of halogens is 1. The third-order valence-electron chi connectivity index (χ3n) is 8.73. The molecule has 1 amide bonds. The summed E-state index contributed by atoms with van der Waals surface area (Å²) in [6, 6.07) is 12.9. The number of morpholine rings is 1. The minimum absolute atomic E-state index is 0.0220. The quantitative estimate of drug-likeness (QED) is 0.249. The van der Waals surface area contributed by atoms with E-state index in [9.17, 15) is 9.59 Å². The van der Waals surface area contributed by atoms with Gasteiger partial charge in [-0.3, -0.25) is 14.5 Å². The lowest BCUT2D eigenvalue weighted by molar-refractivity contribution is 0.0378. The highest BCUT2D eigenvalue weighted by Gasteiger charge is 2.29. The van der Waals surface area contributed by atoms with Crippen LogP contribution in [0.3, 0.4) is 0 Å². The number of aromatic nitrogens is 1. The van der Waals surface area contributed by atoms with Crippen molar-refractivity contribution < 1.29 is 18.7 Å². The van der Waals surface area contributed by atoms with Crippen molar-refractivity contribution in [3.8, 4) is 17.2 Å². The van der Waals surface area contributed by atoms with Gasteiger partial charge in [-0.2, -0.15) is 0 Å². The van der Waals surface area contributed by atoms with Gasteiger partial charge in [0.05, 0.1) is 24.3 Å². The molecular weight excluding hydrogens is 549 g/mol. The van der Waals surface area contributed by atoms with Crippen molar-refractivity contribution in [2.75, 3.05) is 70.9 Å². The Hall–Kier alpha value is -3.99. The third-order valence-corrected chi connectivity index (χ3v) is 8.73. The fourth-order valence-corrected chi connectivity index (χ4v) is 6.47. The molecule has 2 fully saturated rings. The molecule has 7 rings (SSSR count). The maximum Gasteiger partial charge on any atom is 0.256 e. The van der Waals surface area contributed by atoms with Crippen LogP contribution in [-0.2, 0) is 4.74 Å². The van der Waals surface area contributed by atoms with Crippen molar-refractivity contribution in [2.45, 2.75) is 19.3 Å². The highest BCUT2D eigenvalue weighted by molar-refractivity contribution is 6.03. The second kappa shape index (κ2) is 11.9. The van der Waals surface area contributed by atoms with Crippen molar-refractivity contribution >= 4 is 33.3 Å². The number of hydrogen-bond donors (Lipinski definition) is 2. The highest BCUT2D eigenvalue weighted by Crippen LogP contribution is 2.47. The number of nitrogens with zero attached hydrogens (tertiary/aromatic N) is 3. The van der Waals surface area contributed by atoms with Crippen molar-refractivity contribution in [3.63, 3.8) is 0 Å². The van der Waals surface area contributed by atoms with Crippen molar-refractivity contribution in [2.24, 2.45) is 0 Å². The number of likely N-dealkylation sites (tertiary alicyclic amines) is 1. The van der Waals surface area contributed by atoms with Crippen molar-refractivity contribution in [1.82, 2.24) is 19.7 Å². The summed E-state index contributed by atoms with van der Waals surface area (Å²) in [5.41, 5.74) is 0.831. The smallest absolute Gasteiger partial charge is 0.256 e. The molecule has 1 aromatic heterocycles. The standard InChI is InChI=1S/C33H36FN5O4/c34-26-20-24-30-32(28(26)35-10-5-14-38-16-18-42-19-17-38)43-27-9-8-22-6-1-2-7-23(22)29(27)39(30)21-25(31(24)40)33(41)36-11-15-37-12-3-4-13-37/h1-2,6-9,20-21,35H,3-5,10-19H2,(H,36,41). The van der Waals surface area contributed by atoms with Crippen LogP contribution in [0, 0.1) is 5.82 Å². The highest BCUT2D eigenvalue weighted by atomic mass is 19.1. The van der Waals surface area contributed by atoms with Gasteiger partial charge in [0.15, 0.2) is 17.3 Å². The molecule has 224 valence electrons. The number of fused-ring (bicyclic) bond motifs is 4. The monoisotopic (exact) mass is 585 g/mol. The van der Waals surface area contributed by atoms with Crippen molar-refractivity contribution in [3.05, 3.63) is 70.3 Å². The largest absolute Gasteiger partial charge is 0.451 e. The Bertz CT molecular complexity index is 1740. The summed E-state index contributed by atoms with van der Waals surface area (Å²) >= 11 is 0. The van der Waals surface area contributed by atoms with E-state index in [1.165, 1.54) is 6.07 Å². The first kappa shape index (κ1) is 27.8. The first-order valence-corrected chi connectivity index (χ1v) is 15.2. The molecule has 2 N–H and O–H groups in total. The SMILES string of the molecule is O=C(NCCN1CCCC1)c1cn2c3c(c(NCCCN4CCOCC4)c(F)cc3c1=O)Oc1ccc3ccccc3c1-2. The number of ether oxygens (including phenoxy) is 2. The molecule has 0 unspecified atom stereocenters. The fourth-order valence-electron chi connectivity index (χ4n) is 6.47. The van der Waals surface area contributed by atoms with Gasteiger partial charge in [0.1, 0.15) is 16.8 Å². The fraction of sp³-hybridized carbons (Fsp3) is 0.394. The molecule has 3 aliphatic rings. The Balaban J connectivity index is 1.27. The molecule has 0 radical (unpaired) electrons. The molecule has 0 bridgehead atoms. The van der Waals surface area contributed by atoms with E-state index >= 15 is 4.39 Å². The third kappa shape index (κ3) is 5.35. The van der Waals surface area contributed by atoms with Gasteiger partial charge in [-0.1, -0.05) is 30.3 Å². The number of rotatable bonds is 9. The predicted octanol–water partition coefficient (Wildman–Crippen LogP) is 4.35. The Labute approximate surface area is 249 Å². The normalized spacial score (nSPS) is 16.8. The Morgan fingerprint density at radius 2 is 1.72 bits per heavy atom. The first-order chi connectivity index (χ1) is 21.1. The van der Waals surface area contributed by atoms with Crippen LogP contribution >= 0.6 is 0 Å². The van der Waals surface area contributed by atoms with Gasteiger partial charge < -0.3 is 29.6 Å². The maximum absolute atomic E-state index is 15.8. The minimum Gasteiger partial charge on any atom is -0.451 e. The average molecular weight is 586 g/mol.